The van der Waals surface area contributed by atoms with Gasteiger partial charge in [0.1, 0.15) is 5.52 Å². The molecule has 1 saturated heterocycles. The van der Waals surface area contributed by atoms with Crippen molar-refractivity contribution < 1.29 is 14.3 Å². The summed E-state index contributed by atoms with van der Waals surface area (Å²) in [5.41, 5.74) is 2.65. The van der Waals surface area contributed by atoms with Gasteiger partial charge in [-0.15, -0.1) is 0 Å². The quantitative estimate of drug-likeness (QED) is 0.939. The largest absolute Gasteiger partial charge is 0.481 e. The van der Waals surface area contributed by atoms with Crippen LogP contribution in [0, 0.1) is 5.92 Å². The number of benzene rings is 1. The Kier molecular flexibility index (Phi) is 3.57. The second-order valence-electron chi connectivity index (χ2n) is 5.98. The minimum Gasteiger partial charge on any atom is -0.481 e. The third-order valence-corrected chi connectivity index (χ3v) is 4.02. The topological polar surface area (TPSA) is 66.6 Å². The molecule has 2 heterocycles. The number of carboxylic acid groups (broad SMARTS) is 1. The molecular weight excluding hydrogens is 268 g/mol. The minimum atomic E-state index is -0.704. The third-order valence-electron chi connectivity index (χ3n) is 4.02. The molecule has 1 atom stereocenters. The Hall–Kier alpha value is -2.04. The number of hydrogen-bond acceptors (Lipinski definition) is 4. The molecule has 21 heavy (non-hydrogen) atoms. The van der Waals surface area contributed by atoms with Gasteiger partial charge < -0.3 is 14.4 Å². The standard InChI is InChI=1S/C16H20N2O3/c1-10(2)15-17-13-8-12(5-6-14(13)21-15)18-7-3-4-11(9-18)16(19)20/h5-6,8,10-11H,3-4,7,9H2,1-2H3,(H,19,20). The SMILES string of the molecule is CC(C)c1nc2cc(N3CCCC(C(=O)O)C3)ccc2o1. The fraction of sp³-hybridized carbons (Fsp3) is 0.500. The molecule has 0 amide bonds. The Labute approximate surface area is 123 Å². The summed E-state index contributed by atoms with van der Waals surface area (Å²) in [6, 6.07) is 5.91. The normalized spacial score (nSPS) is 19.4. The molecule has 0 spiro atoms. The molecule has 3 rings (SSSR count). The number of hydrogen-bond donors (Lipinski definition) is 1. The first-order chi connectivity index (χ1) is 10.0. The number of nitrogens with zero attached hydrogens (tertiary/aromatic N) is 2. The highest BCUT2D eigenvalue weighted by Gasteiger charge is 2.25. The second kappa shape index (κ2) is 5.39. The maximum atomic E-state index is 11.2. The molecule has 1 N–H and O–H groups in total. The van der Waals surface area contributed by atoms with Crippen molar-refractivity contribution in [3.63, 3.8) is 0 Å². The molecule has 0 aliphatic carbocycles. The zero-order chi connectivity index (χ0) is 15.0. The first kappa shape index (κ1) is 13.9. The first-order valence-electron chi connectivity index (χ1n) is 7.43. The van der Waals surface area contributed by atoms with Crippen LogP contribution < -0.4 is 4.90 Å². The van der Waals surface area contributed by atoms with Crippen LogP contribution in [0.2, 0.25) is 0 Å². The summed E-state index contributed by atoms with van der Waals surface area (Å²) in [4.78, 5) is 17.8. The minimum absolute atomic E-state index is 0.257. The van der Waals surface area contributed by atoms with Gasteiger partial charge in [-0.05, 0) is 31.0 Å². The van der Waals surface area contributed by atoms with Crippen molar-refractivity contribution in [1.82, 2.24) is 4.98 Å². The molecule has 1 aromatic heterocycles. The van der Waals surface area contributed by atoms with Crippen molar-refractivity contribution in [3.8, 4) is 0 Å². The summed E-state index contributed by atoms with van der Waals surface area (Å²) >= 11 is 0. The van der Waals surface area contributed by atoms with Crippen LogP contribution in [-0.4, -0.2) is 29.1 Å². The molecule has 1 aliphatic heterocycles. The van der Waals surface area contributed by atoms with Crippen LogP contribution in [0.4, 0.5) is 5.69 Å². The van der Waals surface area contributed by atoms with Gasteiger partial charge in [-0.1, -0.05) is 13.8 Å². The van der Waals surface area contributed by atoms with Crippen LogP contribution in [0.5, 0.6) is 0 Å². The number of oxazole rings is 1. The molecular formula is C16H20N2O3. The molecule has 112 valence electrons. The Bertz CT molecular complexity index is 663. The molecule has 1 unspecified atom stereocenters. The zero-order valence-electron chi connectivity index (χ0n) is 12.4. The third kappa shape index (κ3) is 2.73. The Balaban J connectivity index is 1.88. The maximum absolute atomic E-state index is 11.2. The fourth-order valence-corrected chi connectivity index (χ4v) is 2.79. The number of aliphatic carboxylic acids is 1. The average Bonchev–Trinajstić information content (AvgIpc) is 2.90. The van der Waals surface area contributed by atoms with Gasteiger partial charge in [-0.3, -0.25) is 4.79 Å². The van der Waals surface area contributed by atoms with E-state index in [-0.39, 0.29) is 11.8 Å². The maximum Gasteiger partial charge on any atom is 0.308 e. The van der Waals surface area contributed by atoms with Crippen molar-refractivity contribution in [2.24, 2.45) is 5.92 Å². The number of rotatable bonds is 3. The van der Waals surface area contributed by atoms with Crippen molar-refractivity contribution in [1.29, 1.82) is 0 Å². The van der Waals surface area contributed by atoms with Gasteiger partial charge in [0.25, 0.3) is 0 Å². The predicted molar refractivity (Wildman–Crippen MR) is 80.7 cm³/mol. The van der Waals surface area contributed by atoms with Gasteiger partial charge in [0.2, 0.25) is 0 Å². The molecule has 1 aromatic carbocycles. The molecule has 0 bridgehead atoms. The van der Waals surface area contributed by atoms with E-state index >= 15 is 0 Å². The number of carboxylic acids is 1. The van der Waals surface area contributed by atoms with Crippen LogP contribution in [0.25, 0.3) is 11.1 Å². The average molecular weight is 288 g/mol. The zero-order valence-corrected chi connectivity index (χ0v) is 12.4. The van der Waals surface area contributed by atoms with Gasteiger partial charge in [-0.2, -0.15) is 0 Å². The van der Waals surface area contributed by atoms with Crippen molar-refractivity contribution >= 4 is 22.8 Å². The van der Waals surface area contributed by atoms with Crippen molar-refractivity contribution in [2.45, 2.75) is 32.6 Å². The molecule has 0 radical (unpaired) electrons. The lowest BCUT2D eigenvalue weighted by molar-refractivity contribution is -0.141. The molecule has 2 aromatic rings. The van der Waals surface area contributed by atoms with Crippen LogP contribution in [0.1, 0.15) is 38.5 Å². The monoisotopic (exact) mass is 288 g/mol. The van der Waals surface area contributed by atoms with E-state index in [2.05, 4.69) is 9.88 Å². The summed E-state index contributed by atoms with van der Waals surface area (Å²) in [7, 11) is 0. The van der Waals surface area contributed by atoms with E-state index in [1.807, 2.05) is 32.0 Å². The van der Waals surface area contributed by atoms with E-state index in [1.54, 1.807) is 0 Å². The molecule has 1 aliphatic rings. The van der Waals surface area contributed by atoms with Crippen molar-refractivity contribution in [3.05, 3.63) is 24.1 Å². The molecule has 5 heteroatoms. The van der Waals surface area contributed by atoms with Crippen LogP contribution in [0.15, 0.2) is 22.6 Å². The number of aromatic nitrogens is 1. The lowest BCUT2D eigenvalue weighted by atomic mass is 9.98. The number of anilines is 1. The number of carbonyl (C=O) groups is 1. The van der Waals surface area contributed by atoms with E-state index in [0.29, 0.717) is 6.54 Å². The number of piperidine rings is 1. The first-order valence-corrected chi connectivity index (χ1v) is 7.43. The van der Waals surface area contributed by atoms with Gasteiger partial charge in [0.15, 0.2) is 11.5 Å². The summed E-state index contributed by atoms with van der Waals surface area (Å²) in [5.74, 6) is 0.0127. The lowest BCUT2D eigenvalue weighted by Crippen LogP contribution is -2.38. The van der Waals surface area contributed by atoms with Crippen molar-refractivity contribution in [2.75, 3.05) is 18.0 Å². The summed E-state index contributed by atoms with van der Waals surface area (Å²) in [6.45, 7) is 5.56. The Morgan fingerprint density at radius 1 is 1.48 bits per heavy atom. The smallest absolute Gasteiger partial charge is 0.308 e. The van der Waals surface area contributed by atoms with Gasteiger partial charge in [0.05, 0.1) is 5.92 Å². The van der Waals surface area contributed by atoms with E-state index < -0.39 is 5.97 Å². The lowest BCUT2D eigenvalue weighted by Gasteiger charge is -2.32. The number of fused-ring (bicyclic) bond motifs is 1. The Morgan fingerprint density at radius 2 is 2.29 bits per heavy atom. The Morgan fingerprint density at radius 3 is 3.00 bits per heavy atom. The highest BCUT2D eigenvalue weighted by Crippen LogP contribution is 2.28. The van der Waals surface area contributed by atoms with Gasteiger partial charge in [-0.25, -0.2) is 4.98 Å². The molecule has 1 fully saturated rings. The van der Waals surface area contributed by atoms with E-state index in [0.717, 1.165) is 42.1 Å². The summed E-state index contributed by atoms with van der Waals surface area (Å²) in [6.07, 6.45) is 1.67. The van der Waals surface area contributed by atoms with Crippen LogP contribution in [-0.2, 0) is 4.79 Å². The van der Waals surface area contributed by atoms with Gasteiger partial charge >= 0.3 is 5.97 Å². The van der Waals surface area contributed by atoms with Crippen LogP contribution >= 0.6 is 0 Å². The van der Waals surface area contributed by atoms with E-state index in [1.165, 1.54) is 0 Å². The van der Waals surface area contributed by atoms with Crippen LogP contribution in [0.3, 0.4) is 0 Å². The summed E-state index contributed by atoms with van der Waals surface area (Å²) in [5, 5.41) is 9.19. The second-order valence-corrected chi connectivity index (χ2v) is 5.98. The molecule has 5 nitrogen and oxygen atoms in total. The molecule has 0 saturated carbocycles. The predicted octanol–water partition coefficient (Wildman–Crippen LogP) is 3.25. The summed E-state index contributed by atoms with van der Waals surface area (Å²) < 4.78 is 5.71. The van der Waals surface area contributed by atoms with E-state index in [4.69, 9.17) is 4.42 Å². The highest BCUT2D eigenvalue weighted by molar-refractivity contribution is 5.78. The fourth-order valence-electron chi connectivity index (χ4n) is 2.79. The van der Waals surface area contributed by atoms with E-state index in [9.17, 15) is 9.90 Å². The van der Waals surface area contributed by atoms with Gasteiger partial charge in [0, 0.05) is 24.7 Å². The highest BCUT2D eigenvalue weighted by atomic mass is 16.4.